The van der Waals surface area contributed by atoms with Gasteiger partial charge in [-0.25, -0.2) is 4.79 Å². The van der Waals surface area contributed by atoms with Crippen LogP contribution < -0.4 is 10.6 Å². The van der Waals surface area contributed by atoms with E-state index in [0.29, 0.717) is 32.8 Å². The maximum Gasteiger partial charge on any atom is 0.408 e. The Balaban J connectivity index is 2.59. The van der Waals surface area contributed by atoms with E-state index >= 15 is 0 Å². The largest absolute Gasteiger partial charge is 0.444 e. The summed E-state index contributed by atoms with van der Waals surface area (Å²) < 4.78 is 17.9. The molecule has 8 heteroatoms. The molecule has 0 aliphatic carbocycles. The number of ether oxygens (including phenoxy) is 3. The van der Waals surface area contributed by atoms with Gasteiger partial charge in [0.15, 0.2) is 0 Å². The summed E-state index contributed by atoms with van der Waals surface area (Å²) in [6.07, 6.45) is 34.4. The van der Waals surface area contributed by atoms with E-state index in [-0.39, 0.29) is 12.0 Å². The minimum Gasteiger partial charge on any atom is -0.444 e. The molecule has 0 saturated carbocycles. The van der Waals surface area contributed by atoms with E-state index in [1.807, 2.05) is 33.9 Å². The third-order valence-electron chi connectivity index (χ3n) is 10.1. The van der Waals surface area contributed by atoms with Crippen molar-refractivity contribution in [3.63, 3.8) is 0 Å². The van der Waals surface area contributed by atoms with Crippen molar-refractivity contribution in [1.82, 2.24) is 15.6 Å². The number of unbranched alkanes of at least 4 members (excludes halogenated alkanes) is 22. The van der Waals surface area contributed by atoms with Crippen molar-refractivity contribution in [3.8, 4) is 0 Å². The van der Waals surface area contributed by atoms with Gasteiger partial charge in [-0.2, -0.15) is 0 Å². The number of hydrogen-bond donors (Lipinski definition) is 3. The van der Waals surface area contributed by atoms with Crippen LogP contribution in [0.15, 0.2) is 12.8 Å². The smallest absolute Gasteiger partial charge is 0.408 e. The lowest BCUT2D eigenvalue weighted by molar-refractivity contribution is -0.124. The summed E-state index contributed by atoms with van der Waals surface area (Å²) in [5, 5.41) is 5.87. The topological polar surface area (TPSA) is 102 Å². The molecule has 54 heavy (non-hydrogen) atoms. The van der Waals surface area contributed by atoms with Crippen LogP contribution in [-0.2, 0) is 25.4 Å². The van der Waals surface area contributed by atoms with Crippen LogP contribution in [0.3, 0.4) is 0 Å². The van der Waals surface area contributed by atoms with Gasteiger partial charge in [0, 0.05) is 38.1 Å². The molecule has 1 aromatic rings. The van der Waals surface area contributed by atoms with Crippen LogP contribution in [0.1, 0.15) is 206 Å². The van der Waals surface area contributed by atoms with Gasteiger partial charge >= 0.3 is 6.09 Å². The van der Waals surface area contributed by atoms with Crippen molar-refractivity contribution in [2.75, 3.05) is 26.4 Å². The predicted molar refractivity (Wildman–Crippen MR) is 228 cm³/mol. The van der Waals surface area contributed by atoms with E-state index in [0.717, 1.165) is 36.1 Å². The van der Waals surface area contributed by atoms with Gasteiger partial charge in [-0.05, 0) is 51.7 Å². The van der Waals surface area contributed by atoms with Gasteiger partial charge in [-0.3, -0.25) is 4.79 Å². The van der Waals surface area contributed by atoms with Crippen molar-refractivity contribution in [1.29, 1.82) is 0 Å². The van der Waals surface area contributed by atoms with Gasteiger partial charge < -0.3 is 29.8 Å². The molecular weight excluding hydrogens is 675 g/mol. The number of hydrogen-bond acceptors (Lipinski definition) is 5. The lowest BCUT2D eigenvalue weighted by Crippen LogP contribution is -2.51. The number of carbonyl (C=O) groups excluding carboxylic acids is 2. The molecule has 0 saturated heterocycles. The first-order valence-corrected chi connectivity index (χ1v) is 22.4. The Labute approximate surface area is 332 Å². The summed E-state index contributed by atoms with van der Waals surface area (Å²) in [4.78, 5) is 29.6. The summed E-state index contributed by atoms with van der Waals surface area (Å²) in [7, 11) is 0. The van der Waals surface area contributed by atoms with Crippen molar-refractivity contribution in [3.05, 3.63) is 29.6 Å². The fourth-order valence-corrected chi connectivity index (χ4v) is 6.88. The molecule has 0 radical (unpaired) electrons. The predicted octanol–water partition coefficient (Wildman–Crippen LogP) is 12.3. The van der Waals surface area contributed by atoms with Gasteiger partial charge in [-0.1, -0.05) is 168 Å². The van der Waals surface area contributed by atoms with Crippen LogP contribution in [0.2, 0.25) is 0 Å². The number of alkyl carbamates (subject to hydrolysis) is 1. The van der Waals surface area contributed by atoms with E-state index in [4.69, 9.17) is 14.2 Å². The Hall–Kier alpha value is -2.32. The van der Waals surface area contributed by atoms with Crippen molar-refractivity contribution in [2.24, 2.45) is 0 Å². The van der Waals surface area contributed by atoms with Crippen molar-refractivity contribution in [2.45, 2.75) is 220 Å². The molecule has 8 nitrogen and oxygen atoms in total. The Morgan fingerprint density at radius 2 is 1.20 bits per heavy atom. The molecule has 2 atom stereocenters. The first-order valence-electron chi connectivity index (χ1n) is 22.4. The van der Waals surface area contributed by atoms with Crippen LogP contribution in [0.4, 0.5) is 4.79 Å². The van der Waals surface area contributed by atoms with E-state index in [1.165, 1.54) is 135 Å². The highest BCUT2D eigenvalue weighted by atomic mass is 16.6. The minimum atomic E-state index is -0.826. The number of carbonyl (C=O) groups is 2. The Bertz CT molecular complexity index is 1070. The maximum absolute atomic E-state index is 13.6. The number of amides is 2. The third-order valence-corrected chi connectivity index (χ3v) is 10.1. The third kappa shape index (κ3) is 27.3. The number of aryl methyl sites for hydroxylation is 1. The molecule has 0 bridgehead atoms. The summed E-state index contributed by atoms with van der Waals surface area (Å²) >= 11 is 0. The van der Waals surface area contributed by atoms with Crippen LogP contribution >= 0.6 is 0 Å². The monoisotopic (exact) mass is 760 g/mol. The van der Waals surface area contributed by atoms with Crippen molar-refractivity contribution >= 4 is 18.1 Å². The molecule has 1 aromatic heterocycles. The maximum atomic E-state index is 13.6. The average molecular weight is 760 g/mol. The Morgan fingerprint density at radius 1 is 0.741 bits per heavy atom. The fourth-order valence-electron chi connectivity index (χ4n) is 6.88. The van der Waals surface area contributed by atoms with Crippen LogP contribution in [0.5, 0.6) is 0 Å². The molecule has 1 rings (SSSR count). The average Bonchev–Trinajstić information content (AvgIpc) is 3.49. The number of rotatable bonds is 36. The summed E-state index contributed by atoms with van der Waals surface area (Å²) in [5.74, 6) is -0.283. The highest BCUT2D eigenvalue weighted by Gasteiger charge is 2.26. The lowest BCUT2D eigenvalue weighted by Gasteiger charge is -2.24. The zero-order valence-electron chi connectivity index (χ0n) is 36.1. The van der Waals surface area contributed by atoms with E-state index < -0.39 is 17.7 Å². The molecular formula is C46H85N3O5. The van der Waals surface area contributed by atoms with Gasteiger partial charge in [0.2, 0.25) is 5.91 Å². The normalized spacial score (nSPS) is 12.8. The second kappa shape index (κ2) is 32.9. The highest BCUT2D eigenvalue weighted by Crippen LogP contribution is 2.18. The number of H-pyrrole nitrogens is 1. The number of aromatic amines is 1. The summed E-state index contributed by atoms with van der Waals surface area (Å²) in [6, 6.07) is -0.826. The molecule has 1 heterocycles. The van der Waals surface area contributed by atoms with Crippen LogP contribution in [0, 0.1) is 6.92 Å². The van der Waals surface area contributed by atoms with Gasteiger partial charge in [0.1, 0.15) is 11.6 Å². The van der Waals surface area contributed by atoms with Crippen molar-refractivity contribution < 1.29 is 23.8 Å². The molecule has 0 fully saturated rings. The quantitative estimate of drug-likeness (QED) is 0.0591. The summed E-state index contributed by atoms with van der Waals surface area (Å²) in [5.41, 5.74) is 2.13. The van der Waals surface area contributed by atoms with Gasteiger partial charge in [-0.15, -0.1) is 0 Å². The number of aromatic nitrogens is 1. The standard InChI is InChI=1S/C46H85N3O5/c1-8-11-13-15-17-19-21-23-25-27-29-31-33-52-38-41(53-34-32-30-28-26-24-22-20-18-16-14-12-9-2)37-48-44(50)43(49-45(51)54-46(5,6)7)35-40-36-47-39(4)42(40)10-3/h10,36,41,43,47H,3,8-9,11-35,37-38H2,1-2,4-7H3,(H,48,50)(H,49,51)/t41?,43-/m1/s1. The molecule has 0 aliphatic rings. The molecule has 0 spiro atoms. The second-order valence-electron chi connectivity index (χ2n) is 16.6. The number of nitrogens with one attached hydrogen (secondary N) is 3. The molecule has 3 N–H and O–H groups in total. The van der Waals surface area contributed by atoms with Crippen LogP contribution in [0.25, 0.3) is 6.08 Å². The minimum absolute atomic E-state index is 0.264. The molecule has 2 amide bonds. The van der Waals surface area contributed by atoms with Gasteiger partial charge in [0.05, 0.1) is 12.7 Å². The summed E-state index contributed by atoms with van der Waals surface area (Å²) in [6.45, 7) is 17.9. The van der Waals surface area contributed by atoms with E-state index in [1.54, 1.807) is 6.08 Å². The van der Waals surface area contributed by atoms with E-state index in [9.17, 15) is 9.59 Å². The zero-order valence-corrected chi connectivity index (χ0v) is 36.1. The fraction of sp³-hybridized carbons (Fsp3) is 0.826. The molecule has 0 aromatic carbocycles. The first kappa shape index (κ1) is 49.7. The Morgan fingerprint density at radius 3 is 1.67 bits per heavy atom. The second-order valence-corrected chi connectivity index (χ2v) is 16.6. The highest BCUT2D eigenvalue weighted by molar-refractivity contribution is 5.86. The van der Waals surface area contributed by atoms with E-state index in [2.05, 4.69) is 36.0 Å². The molecule has 1 unspecified atom stereocenters. The Kier molecular flexibility index (Phi) is 30.3. The van der Waals surface area contributed by atoms with Gasteiger partial charge in [0.25, 0.3) is 0 Å². The van der Waals surface area contributed by atoms with Crippen LogP contribution in [-0.4, -0.2) is 61.1 Å². The lowest BCUT2D eigenvalue weighted by atomic mass is 10.0. The molecule has 314 valence electrons. The SMILES string of the molecule is C=Cc1c(C[C@@H](NC(=O)OC(C)(C)C)C(=O)NCC(COCCCCCCCCCCCCCC)OCCCCCCCCCCCCCC)c[nH]c1C. The zero-order chi connectivity index (χ0) is 39.7. The molecule has 0 aliphatic heterocycles. The first-order chi connectivity index (χ1) is 26.1.